The normalized spacial score (nSPS) is 22.1. The Balaban J connectivity index is 2.31. The Hall–Kier alpha value is -1.42. The quantitative estimate of drug-likeness (QED) is 0.908. The average molecular weight is 265 g/mol. The van der Waals surface area contributed by atoms with Crippen molar-refractivity contribution in [2.45, 2.75) is 44.7 Å². The molecule has 0 radical (unpaired) electrons. The predicted molar refractivity (Wildman–Crippen MR) is 71.4 cm³/mol. The molecule has 0 spiro atoms. The van der Waals surface area contributed by atoms with Crippen LogP contribution in [0.1, 0.15) is 44.2 Å². The minimum atomic E-state index is -0.897. The van der Waals surface area contributed by atoms with E-state index in [1.54, 1.807) is 12.1 Å². The lowest BCUT2D eigenvalue weighted by atomic mass is 9.95. The topological polar surface area (TPSA) is 40.5 Å². The number of benzene rings is 1. The van der Waals surface area contributed by atoms with E-state index in [1.165, 1.54) is 12.1 Å². The van der Waals surface area contributed by atoms with Crippen LogP contribution in [0.3, 0.4) is 0 Å². The van der Waals surface area contributed by atoms with Gasteiger partial charge in [0, 0.05) is 6.04 Å². The first-order valence-electron chi connectivity index (χ1n) is 6.87. The van der Waals surface area contributed by atoms with Gasteiger partial charge in [-0.25, -0.2) is 4.39 Å². The number of carboxylic acids is 1. The van der Waals surface area contributed by atoms with Gasteiger partial charge in [0.1, 0.15) is 11.9 Å². The molecule has 2 rings (SSSR count). The molecule has 1 saturated heterocycles. The van der Waals surface area contributed by atoms with Gasteiger partial charge >= 0.3 is 5.97 Å². The SMILES string of the molecule is CCC1CCCCN1C(C(=O)O)c1cccc(F)c1. The fourth-order valence-corrected chi connectivity index (χ4v) is 2.95. The van der Waals surface area contributed by atoms with E-state index in [2.05, 4.69) is 6.92 Å². The Morgan fingerprint density at radius 1 is 1.53 bits per heavy atom. The molecule has 1 N–H and O–H groups in total. The minimum Gasteiger partial charge on any atom is -0.480 e. The Labute approximate surface area is 113 Å². The van der Waals surface area contributed by atoms with Crippen LogP contribution in [0.15, 0.2) is 24.3 Å². The molecule has 0 aliphatic carbocycles. The van der Waals surface area contributed by atoms with Crippen molar-refractivity contribution in [3.8, 4) is 0 Å². The van der Waals surface area contributed by atoms with Gasteiger partial charge in [0.05, 0.1) is 0 Å². The molecule has 1 aliphatic heterocycles. The van der Waals surface area contributed by atoms with E-state index < -0.39 is 12.0 Å². The highest BCUT2D eigenvalue weighted by atomic mass is 19.1. The van der Waals surface area contributed by atoms with Crippen molar-refractivity contribution >= 4 is 5.97 Å². The van der Waals surface area contributed by atoms with Crippen molar-refractivity contribution in [1.29, 1.82) is 0 Å². The van der Waals surface area contributed by atoms with Gasteiger partial charge in [0.2, 0.25) is 0 Å². The number of nitrogens with zero attached hydrogens (tertiary/aromatic N) is 1. The van der Waals surface area contributed by atoms with Gasteiger partial charge in [-0.15, -0.1) is 0 Å². The van der Waals surface area contributed by atoms with Crippen molar-refractivity contribution in [2.75, 3.05) is 6.54 Å². The van der Waals surface area contributed by atoms with Crippen molar-refractivity contribution in [1.82, 2.24) is 4.90 Å². The molecule has 2 atom stereocenters. The molecule has 104 valence electrons. The van der Waals surface area contributed by atoms with Crippen LogP contribution in [0.4, 0.5) is 4.39 Å². The van der Waals surface area contributed by atoms with Crippen LogP contribution in [0.25, 0.3) is 0 Å². The molecular weight excluding hydrogens is 245 g/mol. The molecular formula is C15H20FNO2. The molecule has 3 nitrogen and oxygen atoms in total. The first-order chi connectivity index (χ1) is 9.13. The molecule has 19 heavy (non-hydrogen) atoms. The van der Waals surface area contributed by atoms with E-state index in [-0.39, 0.29) is 11.9 Å². The summed E-state index contributed by atoms with van der Waals surface area (Å²) >= 11 is 0. The first-order valence-corrected chi connectivity index (χ1v) is 6.87. The number of halogens is 1. The van der Waals surface area contributed by atoms with Gasteiger partial charge in [-0.05, 0) is 43.5 Å². The Morgan fingerprint density at radius 3 is 2.95 bits per heavy atom. The lowest BCUT2D eigenvalue weighted by Gasteiger charge is -2.39. The summed E-state index contributed by atoms with van der Waals surface area (Å²) in [6.45, 7) is 2.85. The molecule has 0 aromatic heterocycles. The van der Waals surface area contributed by atoms with Crippen LogP contribution in [-0.2, 0) is 4.79 Å². The zero-order valence-corrected chi connectivity index (χ0v) is 11.2. The monoisotopic (exact) mass is 265 g/mol. The summed E-state index contributed by atoms with van der Waals surface area (Å²) < 4.78 is 13.3. The number of piperidine rings is 1. The summed E-state index contributed by atoms with van der Waals surface area (Å²) in [5.41, 5.74) is 0.535. The standard InChI is InChI=1S/C15H20FNO2/c1-2-13-8-3-4-9-17(13)14(15(18)19)11-6-5-7-12(16)10-11/h5-7,10,13-14H,2-4,8-9H2,1H3,(H,18,19). The largest absolute Gasteiger partial charge is 0.480 e. The molecule has 2 unspecified atom stereocenters. The van der Waals surface area contributed by atoms with E-state index >= 15 is 0 Å². The Bertz CT molecular complexity index is 450. The van der Waals surface area contributed by atoms with Gasteiger partial charge in [-0.1, -0.05) is 25.5 Å². The fraction of sp³-hybridized carbons (Fsp3) is 0.533. The van der Waals surface area contributed by atoms with Gasteiger partial charge in [-0.3, -0.25) is 9.69 Å². The van der Waals surface area contributed by atoms with E-state index in [9.17, 15) is 14.3 Å². The maximum Gasteiger partial charge on any atom is 0.325 e. The molecule has 1 aromatic rings. The summed E-state index contributed by atoms with van der Waals surface area (Å²) in [5.74, 6) is -1.28. The maximum absolute atomic E-state index is 13.3. The summed E-state index contributed by atoms with van der Waals surface area (Å²) in [6.07, 6.45) is 4.11. The maximum atomic E-state index is 13.3. The van der Waals surface area contributed by atoms with E-state index in [4.69, 9.17) is 0 Å². The second kappa shape index (κ2) is 6.15. The summed E-state index contributed by atoms with van der Waals surface area (Å²) in [4.78, 5) is 13.6. The molecule has 0 amide bonds. The molecule has 0 bridgehead atoms. The molecule has 4 heteroatoms. The number of carbonyl (C=O) groups is 1. The lowest BCUT2D eigenvalue weighted by molar-refractivity contribution is -0.145. The minimum absolute atomic E-state index is 0.276. The van der Waals surface area contributed by atoms with Crippen LogP contribution in [0, 0.1) is 5.82 Å². The summed E-state index contributed by atoms with van der Waals surface area (Å²) in [6, 6.07) is 5.49. The molecule has 0 saturated carbocycles. The highest BCUT2D eigenvalue weighted by molar-refractivity contribution is 5.75. The van der Waals surface area contributed by atoms with Crippen LogP contribution >= 0.6 is 0 Å². The molecule has 1 heterocycles. The van der Waals surface area contributed by atoms with Crippen LogP contribution in [0.2, 0.25) is 0 Å². The number of hydrogen-bond donors (Lipinski definition) is 1. The van der Waals surface area contributed by atoms with Gasteiger partial charge in [0.15, 0.2) is 0 Å². The molecule has 1 aliphatic rings. The third-order valence-electron chi connectivity index (χ3n) is 3.87. The molecule has 1 fully saturated rings. The Kier molecular flexibility index (Phi) is 4.53. The van der Waals surface area contributed by atoms with Gasteiger partial charge in [-0.2, -0.15) is 0 Å². The Morgan fingerprint density at radius 2 is 2.32 bits per heavy atom. The zero-order chi connectivity index (χ0) is 13.8. The predicted octanol–water partition coefficient (Wildman–Crippen LogP) is 3.22. The highest BCUT2D eigenvalue weighted by Gasteiger charge is 2.33. The summed E-state index contributed by atoms with van der Waals surface area (Å²) in [7, 11) is 0. The van der Waals surface area contributed by atoms with E-state index in [0.717, 1.165) is 32.2 Å². The second-order valence-electron chi connectivity index (χ2n) is 5.09. The third kappa shape index (κ3) is 3.13. The molecule has 1 aromatic carbocycles. The van der Waals surface area contributed by atoms with Crippen LogP contribution in [0.5, 0.6) is 0 Å². The van der Waals surface area contributed by atoms with Crippen LogP contribution < -0.4 is 0 Å². The number of hydrogen-bond acceptors (Lipinski definition) is 2. The van der Waals surface area contributed by atoms with Gasteiger partial charge < -0.3 is 5.11 Å². The first kappa shape index (κ1) is 14.0. The van der Waals surface area contributed by atoms with Crippen molar-refractivity contribution < 1.29 is 14.3 Å². The highest BCUT2D eigenvalue weighted by Crippen LogP contribution is 2.30. The number of rotatable bonds is 4. The summed E-state index contributed by atoms with van der Waals surface area (Å²) in [5, 5.41) is 9.52. The zero-order valence-electron chi connectivity index (χ0n) is 11.2. The van der Waals surface area contributed by atoms with Crippen molar-refractivity contribution in [2.24, 2.45) is 0 Å². The van der Waals surface area contributed by atoms with Crippen LogP contribution in [-0.4, -0.2) is 28.6 Å². The van der Waals surface area contributed by atoms with Gasteiger partial charge in [0.25, 0.3) is 0 Å². The van der Waals surface area contributed by atoms with E-state index in [1.807, 2.05) is 4.90 Å². The number of aliphatic carboxylic acids is 1. The fourth-order valence-electron chi connectivity index (χ4n) is 2.95. The number of carboxylic acid groups (broad SMARTS) is 1. The van der Waals surface area contributed by atoms with Crippen molar-refractivity contribution in [3.63, 3.8) is 0 Å². The number of likely N-dealkylation sites (tertiary alicyclic amines) is 1. The van der Waals surface area contributed by atoms with E-state index in [0.29, 0.717) is 5.56 Å². The lowest BCUT2D eigenvalue weighted by Crippen LogP contribution is -2.44. The van der Waals surface area contributed by atoms with Crippen molar-refractivity contribution in [3.05, 3.63) is 35.6 Å². The smallest absolute Gasteiger partial charge is 0.325 e. The third-order valence-corrected chi connectivity index (χ3v) is 3.87. The average Bonchev–Trinajstić information content (AvgIpc) is 2.39. The second-order valence-corrected chi connectivity index (χ2v) is 5.09.